The summed E-state index contributed by atoms with van der Waals surface area (Å²) >= 11 is 0. The summed E-state index contributed by atoms with van der Waals surface area (Å²) in [5.74, 6) is 0. The largest absolute Gasteiger partial charge is 0.348 e. The Labute approximate surface area is 112 Å². The number of carbonyl (C=O) groups is 1. The minimum Gasteiger partial charge on any atom is -0.348 e. The SMILES string of the molecule is Cn1cc(NC(=O)NC2CCCC2)c2ccccc21. The summed E-state index contributed by atoms with van der Waals surface area (Å²) in [6.07, 6.45) is 6.60. The predicted octanol–water partition coefficient (Wildman–Crippen LogP) is 3.24. The number of urea groups is 1. The molecule has 2 amide bonds. The highest BCUT2D eigenvalue weighted by Gasteiger charge is 2.17. The summed E-state index contributed by atoms with van der Waals surface area (Å²) in [7, 11) is 1.99. The van der Waals surface area contributed by atoms with Gasteiger partial charge in [-0.05, 0) is 18.9 Å². The van der Waals surface area contributed by atoms with Crippen LogP contribution in [0.4, 0.5) is 10.5 Å². The number of amides is 2. The Kier molecular flexibility index (Phi) is 3.15. The molecule has 100 valence electrons. The van der Waals surface area contributed by atoms with Gasteiger partial charge in [0.1, 0.15) is 0 Å². The van der Waals surface area contributed by atoms with Crippen molar-refractivity contribution in [2.75, 3.05) is 5.32 Å². The third-order valence-electron chi connectivity index (χ3n) is 3.84. The minimum absolute atomic E-state index is 0.0942. The molecule has 0 bridgehead atoms. The molecule has 1 fully saturated rings. The maximum absolute atomic E-state index is 12.0. The molecule has 1 aromatic heterocycles. The van der Waals surface area contributed by atoms with Crippen LogP contribution in [-0.2, 0) is 7.05 Å². The van der Waals surface area contributed by atoms with E-state index >= 15 is 0 Å². The number of aromatic nitrogens is 1. The fourth-order valence-electron chi connectivity index (χ4n) is 2.86. The first kappa shape index (κ1) is 12.1. The fraction of sp³-hybridized carbons (Fsp3) is 0.400. The van der Waals surface area contributed by atoms with Gasteiger partial charge >= 0.3 is 6.03 Å². The molecule has 0 unspecified atom stereocenters. The third kappa shape index (κ3) is 2.43. The summed E-state index contributed by atoms with van der Waals surface area (Å²) in [5.41, 5.74) is 1.99. The second kappa shape index (κ2) is 4.96. The Morgan fingerprint density at radius 3 is 2.79 bits per heavy atom. The van der Waals surface area contributed by atoms with Crippen LogP contribution in [0.15, 0.2) is 30.5 Å². The summed E-state index contributed by atoms with van der Waals surface area (Å²) < 4.78 is 2.03. The average molecular weight is 257 g/mol. The van der Waals surface area contributed by atoms with E-state index in [1.807, 2.05) is 36.0 Å². The Morgan fingerprint density at radius 2 is 2.00 bits per heavy atom. The van der Waals surface area contributed by atoms with Gasteiger partial charge in [-0.15, -0.1) is 0 Å². The highest BCUT2D eigenvalue weighted by Crippen LogP contribution is 2.25. The summed E-state index contributed by atoms with van der Waals surface area (Å²) in [6, 6.07) is 8.32. The van der Waals surface area contributed by atoms with Gasteiger partial charge in [-0.3, -0.25) is 0 Å². The molecule has 2 aromatic rings. The first-order valence-electron chi connectivity index (χ1n) is 6.85. The van der Waals surface area contributed by atoms with Crippen LogP contribution in [0.3, 0.4) is 0 Å². The normalized spacial score (nSPS) is 15.8. The van der Waals surface area contributed by atoms with Crippen LogP contribution in [0.25, 0.3) is 10.9 Å². The van der Waals surface area contributed by atoms with Crippen LogP contribution >= 0.6 is 0 Å². The molecular formula is C15H19N3O. The number of anilines is 1. The van der Waals surface area contributed by atoms with Gasteiger partial charge in [0.2, 0.25) is 0 Å². The van der Waals surface area contributed by atoms with Gasteiger partial charge < -0.3 is 15.2 Å². The van der Waals surface area contributed by atoms with E-state index in [0.717, 1.165) is 29.4 Å². The molecule has 4 nitrogen and oxygen atoms in total. The lowest BCUT2D eigenvalue weighted by Gasteiger charge is -2.12. The molecule has 1 aliphatic carbocycles. The zero-order chi connectivity index (χ0) is 13.2. The van der Waals surface area contributed by atoms with Crippen molar-refractivity contribution >= 4 is 22.6 Å². The van der Waals surface area contributed by atoms with Crippen molar-refractivity contribution in [2.24, 2.45) is 7.05 Å². The molecule has 0 spiro atoms. The Balaban J connectivity index is 1.75. The number of rotatable bonds is 2. The van der Waals surface area contributed by atoms with E-state index < -0.39 is 0 Å². The Morgan fingerprint density at radius 1 is 1.26 bits per heavy atom. The highest BCUT2D eigenvalue weighted by atomic mass is 16.2. The van der Waals surface area contributed by atoms with E-state index in [0.29, 0.717) is 6.04 Å². The number of hydrogen-bond acceptors (Lipinski definition) is 1. The number of nitrogens with one attached hydrogen (secondary N) is 2. The topological polar surface area (TPSA) is 46.1 Å². The van der Waals surface area contributed by atoms with Crippen molar-refractivity contribution in [3.8, 4) is 0 Å². The van der Waals surface area contributed by atoms with Crippen molar-refractivity contribution in [1.29, 1.82) is 0 Å². The number of nitrogens with zero attached hydrogens (tertiary/aromatic N) is 1. The molecule has 1 heterocycles. The molecule has 19 heavy (non-hydrogen) atoms. The van der Waals surface area contributed by atoms with E-state index in [1.54, 1.807) is 0 Å². The summed E-state index contributed by atoms with van der Waals surface area (Å²) in [6.45, 7) is 0. The second-order valence-electron chi connectivity index (χ2n) is 5.25. The van der Waals surface area contributed by atoms with Crippen LogP contribution in [0.1, 0.15) is 25.7 Å². The van der Waals surface area contributed by atoms with Crippen LogP contribution in [-0.4, -0.2) is 16.6 Å². The van der Waals surface area contributed by atoms with Crippen molar-refractivity contribution in [3.05, 3.63) is 30.5 Å². The predicted molar refractivity (Wildman–Crippen MR) is 77.3 cm³/mol. The Bertz CT molecular complexity index is 596. The lowest BCUT2D eigenvalue weighted by molar-refractivity contribution is 0.248. The van der Waals surface area contributed by atoms with Gasteiger partial charge in [0.15, 0.2) is 0 Å². The van der Waals surface area contributed by atoms with Gasteiger partial charge in [0.25, 0.3) is 0 Å². The first-order valence-corrected chi connectivity index (χ1v) is 6.85. The fourth-order valence-corrected chi connectivity index (χ4v) is 2.86. The lowest BCUT2D eigenvalue weighted by atomic mass is 10.2. The number of fused-ring (bicyclic) bond motifs is 1. The number of benzene rings is 1. The molecule has 0 radical (unpaired) electrons. The van der Waals surface area contributed by atoms with Crippen molar-refractivity contribution in [1.82, 2.24) is 9.88 Å². The zero-order valence-electron chi connectivity index (χ0n) is 11.1. The molecule has 2 N–H and O–H groups in total. The van der Waals surface area contributed by atoms with Gasteiger partial charge in [-0.1, -0.05) is 31.0 Å². The van der Waals surface area contributed by atoms with Crippen LogP contribution in [0, 0.1) is 0 Å². The average Bonchev–Trinajstić information content (AvgIpc) is 3.00. The number of carbonyl (C=O) groups excluding carboxylic acids is 1. The Hall–Kier alpha value is -1.97. The molecular weight excluding hydrogens is 238 g/mol. The molecule has 1 aliphatic rings. The van der Waals surface area contributed by atoms with E-state index in [4.69, 9.17) is 0 Å². The molecule has 1 saturated carbocycles. The van der Waals surface area contributed by atoms with E-state index in [1.165, 1.54) is 12.8 Å². The minimum atomic E-state index is -0.0942. The van der Waals surface area contributed by atoms with Crippen LogP contribution in [0.5, 0.6) is 0 Å². The monoisotopic (exact) mass is 257 g/mol. The lowest BCUT2D eigenvalue weighted by Crippen LogP contribution is -2.36. The zero-order valence-corrected chi connectivity index (χ0v) is 11.1. The van der Waals surface area contributed by atoms with Gasteiger partial charge in [-0.25, -0.2) is 4.79 Å². The molecule has 0 atom stereocenters. The van der Waals surface area contributed by atoms with Crippen LogP contribution < -0.4 is 10.6 Å². The maximum Gasteiger partial charge on any atom is 0.319 e. The smallest absolute Gasteiger partial charge is 0.319 e. The second-order valence-corrected chi connectivity index (χ2v) is 5.25. The third-order valence-corrected chi connectivity index (χ3v) is 3.84. The van der Waals surface area contributed by atoms with Crippen LogP contribution in [0.2, 0.25) is 0 Å². The number of aryl methyl sites for hydroxylation is 1. The molecule has 4 heteroatoms. The van der Waals surface area contributed by atoms with E-state index in [9.17, 15) is 4.79 Å². The molecule has 3 rings (SSSR count). The van der Waals surface area contributed by atoms with Crippen molar-refractivity contribution < 1.29 is 4.79 Å². The molecule has 0 aliphatic heterocycles. The van der Waals surface area contributed by atoms with Gasteiger partial charge in [0.05, 0.1) is 5.69 Å². The molecule has 1 aromatic carbocycles. The first-order chi connectivity index (χ1) is 9.24. The van der Waals surface area contributed by atoms with Gasteiger partial charge in [0, 0.05) is 30.2 Å². The molecule has 0 saturated heterocycles. The van der Waals surface area contributed by atoms with Crippen molar-refractivity contribution in [2.45, 2.75) is 31.7 Å². The standard InChI is InChI=1S/C15H19N3O/c1-18-10-13(12-8-4-5-9-14(12)18)17-15(19)16-11-6-2-3-7-11/h4-5,8-11H,2-3,6-7H2,1H3,(H2,16,17,19). The summed E-state index contributed by atoms with van der Waals surface area (Å²) in [4.78, 5) is 12.0. The number of hydrogen-bond donors (Lipinski definition) is 2. The van der Waals surface area contributed by atoms with E-state index in [2.05, 4.69) is 16.7 Å². The van der Waals surface area contributed by atoms with Crippen molar-refractivity contribution in [3.63, 3.8) is 0 Å². The maximum atomic E-state index is 12.0. The van der Waals surface area contributed by atoms with E-state index in [-0.39, 0.29) is 6.03 Å². The highest BCUT2D eigenvalue weighted by molar-refractivity contribution is 6.01. The number of para-hydroxylation sites is 1. The summed E-state index contributed by atoms with van der Waals surface area (Å²) in [5, 5.41) is 7.08. The quantitative estimate of drug-likeness (QED) is 0.852. The van der Waals surface area contributed by atoms with Gasteiger partial charge in [-0.2, -0.15) is 0 Å².